The van der Waals surface area contributed by atoms with Gasteiger partial charge in [0.2, 0.25) is 5.91 Å². The Kier molecular flexibility index (Phi) is 4.39. The van der Waals surface area contributed by atoms with Crippen LogP contribution >= 0.6 is 11.3 Å². The van der Waals surface area contributed by atoms with Crippen LogP contribution in [0.1, 0.15) is 44.2 Å². The number of nitrogens with zero attached hydrogens (tertiary/aromatic N) is 3. The number of rotatable bonds is 4. The summed E-state index contributed by atoms with van der Waals surface area (Å²) < 4.78 is 28.5. The van der Waals surface area contributed by atoms with Crippen LogP contribution in [0.25, 0.3) is 10.2 Å². The van der Waals surface area contributed by atoms with Gasteiger partial charge in [-0.05, 0) is 74.5 Å². The van der Waals surface area contributed by atoms with Crippen molar-refractivity contribution in [3.8, 4) is 0 Å². The van der Waals surface area contributed by atoms with Crippen molar-refractivity contribution >= 4 is 32.6 Å². The Hall–Kier alpha value is -2.41. The van der Waals surface area contributed by atoms with Crippen molar-refractivity contribution in [2.45, 2.75) is 45.1 Å². The van der Waals surface area contributed by atoms with Gasteiger partial charge in [-0.25, -0.2) is 13.8 Å². The lowest BCUT2D eigenvalue weighted by Gasteiger charge is -2.56. The van der Waals surface area contributed by atoms with Crippen molar-refractivity contribution in [3.63, 3.8) is 0 Å². The topological polar surface area (TPSA) is 46.1 Å². The van der Waals surface area contributed by atoms with Gasteiger partial charge >= 0.3 is 0 Å². The molecule has 4 saturated carbocycles. The highest BCUT2D eigenvalue weighted by molar-refractivity contribution is 7.22. The summed E-state index contributed by atoms with van der Waals surface area (Å²) in [6.45, 7) is 0.283. The molecule has 4 nitrogen and oxygen atoms in total. The molecule has 0 unspecified atom stereocenters. The van der Waals surface area contributed by atoms with E-state index in [4.69, 9.17) is 0 Å². The molecular formula is C24H23F2N3OS. The minimum atomic E-state index is -0.697. The van der Waals surface area contributed by atoms with Gasteiger partial charge in [-0.15, -0.1) is 0 Å². The molecular weight excluding hydrogens is 416 g/mol. The van der Waals surface area contributed by atoms with Gasteiger partial charge in [-0.1, -0.05) is 17.4 Å². The summed E-state index contributed by atoms with van der Waals surface area (Å²) in [4.78, 5) is 24.7. The summed E-state index contributed by atoms with van der Waals surface area (Å²) in [5.74, 6) is 0.648. The molecule has 4 bridgehead atoms. The molecule has 4 aliphatic carbocycles. The second kappa shape index (κ2) is 7.05. The van der Waals surface area contributed by atoms with Crippen LogP contribution in [0.15, 0.2) is 36.5 Å². The van der Waals surface area contributed by atoms with E-state index in [0.717, 1.165) is 31.0 Å². The lowest BCUT2D eigenvalue weighted by molar-refractivity contribution is -0.143. The van der Waals surface area contributed by atoms with Gasteiger partial charge in [0.1, 0.15) is 11.3 Å². The van der Waals surface area contributed by atoms with Gasteiger partial charge in [-0.3, -0.25) is 14.7 Å². The van der Waals surface area contributed by atoms with E-state index >= 15 is 0 Å². The van der Waals surface area contributed by atoms with Crippen LogP contribution < -0.4 is 4.90 Å². The van der Waals surface area contributed by atoms with Gasteiger partial charge < -0.3 is 0 Å². The molecule has 160 valence electrons. The van der Waals surface area contributed by atoms with E-state index in [-0.39, 0.29) is 23.4 Å². The van der Waals surface area contributed by atoms with Gasteiger partial charge in [0.25, 0.3) is 0 Å². The monoisotopic (exact) mass is 439 g/mol. The fourth-order valence-electron chi connectivity index (χ4n) is 6.60. The number of carbonyl (C=O) groups excluding carboxylic acids is 1. The Bertz CT molecular complexity index is 1130. The average Bonchev–Trinajstić information content (AvgIpc) is 3.15. The fraction of sp³-hybridized carbons (Fsp3) is 0.458. The Morgan fingerprint density at radius 3 is 2.45 bits per heavy atom. The smallest absolute Gasteiger partial charge is 0.235 e. The Morgan fingerprint density at radius 1 is 1.10 bits per heavy atom. The third kappa shape index (κ3) is 3.25. The van der Waals surface area contributed by atoms with Gasteiger partial charge in [0.05, 0.1) is 22.4 Å². The molecule has 0 saturated heterocycles. The highest BCUT2D eigenvalue weighted by Gasteiger charge is 2.56. The number of aromatic nitrogens is 2. The first-order valence-electron chi connectivity index (χ1n) is 11.0. The molecule has 2 heterocycles. The SMILES string of the molecule is O=C(N(Cc1ccccn1)c1nc2c(F)cc(F)cc2s1)C12CC3CC(CC(C3)C1)C2. The molecule has 1 aromatic carbocycles. The van der Waals surface area contributed by atoms with E-state index in [0.29, 0.717) is 27.6 Å². The van der Waals surface area contributed by atoms with Crippen LogP contribution in [0.5, 0.6) is 0 Å². The summed E-state index contributed by atoms with van der Waals surface area (Å²) in [5.41, 5.74) is 0.516. The van der Waals surface area contributed by atoms with Crippen LogP contribution in [-0.2, 0) is 11.3 Å². The molecule has 7 heteroatoms. The lowest BCUT2D eigenvalue weighted by atomic mass is 9.49. The molecule has 7 rings (SSSR count). The van der Waals surface area contributed by atoms with E-state index in [1.807, 2.05) is 18.2 Å². The molecule has 3 aromatic rings. The first kappa shape index (κ1) is 19.3. The Morgan fingerprint density at radius 2 is 1.81 bits per heavy atom. The van der Waals surface area contributed by atoms with E-state index in [2.05, 4.69) is 9.97 Å². The first-order valence-corrected chi connectivity index (χ1v) is 11.8. The average molecular weight is 440 g/mol. The van der Waals surface area contributed by atoms with Gasteiger partial charge in [0.15, 0.2) is 10.9 Å². The Balaban J connectivity index is 1.42. The molecule has 0 spiro atoms. The molecule has 2 aromatic heterocycles. The van der Waals surface area contributed by atoms with Gasteiger partial charge in [0, 0.05) is 12.3 Å². The number of anilines is 1. The fourth-order valence-corrected chi connectivity index (χ4v) is 7.60. The summed E-state index contributed by atoms with van der Waals surface area (Å²) in [7, 11) is 0. The van der Waals surface area contributed by atoms with E-state index < -0.39 is 11.6 Å². The number of thiazole rings is 1. The van der Waals surface area contributed by atoms with Crippen LogP contribution in [0, 0.1) is 34.8 Å². The number of benzene rings is 1. The molecule has 4 aliphatic rings. The normalized spacial score (nSPS) is 28.9. The largest absolute Gasteiger partial charge is 0.282 e. The zero-order valence-corrected chi connectivity index (χ0v) is 17.9. The van der Waals surface area contributed by atoms with E-state index in [9.17, 15) is 13.6 Å². The first-order chi connectivity index (χ1) is 15.0. The number of hydrogen-bond acceptors (Lipinski definition) is 4. The van der Waals surface area contributed by atoms with Crippen molar-refractivity contribution in [2.24, 2.45) is 23.2 Å². The number of hydrogen-bond donors (Lipinski definition) is 0. The summed E-state index contributed by atoms with van der Waals surface area (Å²) in [6, 6.07) is 7.74. The maximum Gasteiger partial charge on any atom is 0.235 e. The number of fused-ring (bicyclic) bond motifs is 1. The second-order valence-electron chi connectivity index (χ2n) is 9.64. The third-order valence-corrected chi connectivity index (χ3v) is 8.44. The van der Waals surface area contributed by atoms with Crippen molar-refractivity contribution in [1.29, 1.82) is 0 Å². The molecule has 4 fully saturated rings. The van der Waals surface area contributed by atoms with Crippen LogP contribution in [-0.4, -0.2) is 15.9 Å². The summed E-state index contributed by atoms with van der Waals surface area (Å²) in [5, 5.41) is 0.422. The molecule has 0 atom stereocenters. The maximum atomic E-state index is 14.4. The quantitative estimate of drug-likeness (QED) is 0.522. The maximum absolute atomic E-state index is 14.4. The Labute approximate surface area is 183 Å². The van der Waals surface area contributed by atoms with E-state index in [1.165, 1.54) is 36.7 Å². The second-order valence-corrected chi connectivity index (χ2v) is 10.7. The zero-order chi connectivity index (χ0) is 21.2. The van der Waals surface area contributed by atoms with Crippen molar-refractivity contribution < 1.29 is 13.6 Å². The number of amides is 1. The van der Waals surface area contributed by atoms with Crippen molar-refractivity contribution in [1.82, 2.24) is 9.97 Å². The lowest BCUT2D eigenvalue weighted by Crippen LogP contribution is -2.54. The van der Waals surface area contributed by atoms with E-state index in [1.54, 1.807) is 11.1 Å². The summed E-state index contributed by atoms with van der Waals surface area (Å²) >= 11 is 1.17. The molecule has 0 aliphatic heterocycles. The number of halogens is 2. The number of pyridine rings is 1. The third-order valence-electron chi connectivity index (χ3n) is 7.42. The predicted molar refractivity (Wildman–Crippen MR) is 116 cm³/mol. The van der Waals surface area contributed by atoms with Crippen LogP contribution in [0.2, 0.25) is 0 Å². The zero-order valence-electron chi connectivity index (χ0n) is 17.1. The molecule has 0 N–H and O–H groups in total. The molecule has 31 heavy (non-hydrogen) atoms. The highest BCUT2D eigenvalue weighted by Crippen LogP contribution is 2.60. The minimum absolute atomic E-state index is 0.0807. The van der Waals surface area contributed by atoms with Crippen LogP contribution in [0.4, 0.5) is 13.9 Å². The van der Waals surface area contributed by atoms with Crippen LogP contribution in [0.3, 0.4) is 0 Å². The minimum Gasteiger partial charge on any atom is -0.282 e. The molecule has 0 radical (unpaired) electrons. The standard InChI is InChI=1S/C24H23F2N3OS/c25-17-8-19(26)21-20(9-17)31-23(28-21)29(13-18-3-1-2-4-27-18)22(30)24-10-14-5-15(11-24)7-16(6-14)12-24/h1-4,8-9,14-16H,5-7,10-13H2. The highest BCUT2D eigenvalue weighted by atomic mass is 32.1. The molecule has 1 amide bonds. The predicted octanol–water partition coefficient (Wildman–Crippen LogP) is 5.72. The van der Waals surface area contributed by atoms with Crippen molar-refractivity contribution in [2.75, 3.05) is 4.90 Å². The van der Waals surface area contributed by atoms with Crippen molar-refractivity contribution in [3.05, 3.63) is 53.9 Å². The number of carbonyl (C=O) groups is 1. The van der Waals surface area contributed by atoms with Gasteiger partial charge in [-0.2, -0.15) is 0 Å². The summed E-state index contributed by atoms with van der Waals surface area (Å²) in [6.07, 6.45) is 8.25.